The molecule has 0 saturated heterocycles. The van der Waals surface area contributed by atoms with Gasteiger partial charge in [-0.15, -0.1) is 0 Å². The van der Waals surface area contributed by atoms with Gasteiger partial charge in [0.05, 0.1) is 5.92 Å². The van der Waals surface area contributed by atoms with Crippen LogP contribution in [0.3, 0.4) is 0 Å². The van der Waals surface area contributed by atoms with E-state index in [1.165, 1.54) is 6.08 Å². The Hall–Kier alpha value is -2.97. The van der Waals surface area contributed by atoms with Crippen LogP contribution in [0, 0.1) is 16.0 Å². The van der Waals surface area contributed by atoms with Crippen molar-refractivity contribution < 1.29 is 24.7 Å². The fraction of sp³-hybridized carbons (Fsp3) is 0.357. The molecule has 0 bridgehead atoms. The van der Waals surface area contributed by atoms with E-state index in [1.54, 1.807) is 25.2 Å². The van der Waals surface area contributed by atoms with Gasteiger partial charge in [-0.25, -0.2) is 14.6 Å². The molecule has 122 valence electrons. The third-order valence-corrected chi connectivity index (χ3v) is 3.97. The minimum Gasteiger partial charge on any atom is -0.476 e. The van der Waals surface area contributed by atoms with Crippen molar-refractivity contribution in [1.29, 1.82) is 0 Å². The largest absolute Gasteiger partial charge is 0.476 e. The summed E-state index contributed by atoms with van der Waals surface area (Å²) in [4.78, 5) is 36.9. The number of nitro groups is 1. The molecule has 1 aromatic heterocycles. The van der Waals surface area contributed by atoms with Crippen molar-refractivity contribution in [2.45, 2.75) is 25.4 Å². The van der Waals surface area contributed by atoms with Crippen LogP contribution in [0.25, 0.3) is 0 Å². The number of aromatic nitrogens is 2. The highest BCUT2D eigenvalue weighted by Crippen LogP contribution is 2.32. The molecule has 0 saturated carbocycles. The van der Waals surface area contributed by atoms with Gasteiger partial charge in [-0.05, 0) is 6.08 Å². The molecule has 0 amide bonds. The van der Waals surface area contributed by atoms with Crippen molar-refractivity contribution >= 4 is 11.9 Å². The van der Waals surface area contributed by atoms with Crippen molar-refractivity contribution in [3.63, 3.8) is 0 Å². The Morgan fingerprint density at radius 2 is 2.09 bits per heavy atom. The summed E-state index contributed by atoms with van der Waals surface area (Å²) in [5, 5.41) is 29.6. The maximum atomic E-state index is 11.5. The molecule has 9 heteroatoms. The molecule has 1 aliphatic rings. The van der Waals surface area contributed by atoms with Gasteiger partial charge in [0.1, 0.15) is 0 Å². The molecule has 0 aliphatic heterocycles. The number of hydrogen-bond acceptors (Lipinski definition) is 5. The molecule has 1 aliphatic carbocycles. The summed E-state index contributed by atoms with van der Waals surface area (Å²) < 4.78 is 1.13. The summed E-state index contributed by atoms with van der Waals surface area (Å²) in [6, 6.07) is 0. The first-order chi connectivity index (χ1) is 10.8. The van der Waals surface area contributed by atoms with E-state index in [1.807, 2.05) is 0 Å². The first-order valence-corrected chi connectivity index (χ1v) is 6.86. The van der Waals surface area contributed by atoms with E-state index in [0.29, 0.717) is 0 Å². The predicted octanol–water partition coefficient (Wildman–Crippen LogP) is 1.45. The molecule has 2 rings (SSSR count). The smallest absolute Gasteiger partial charge is 0.372 e. The summed E-state index contributed by atoms with van der Waals surface area (Å²) in [5.74, 6) is -3.84. The Balaban J connectivity index is 2.43. The molecule has 0 fully saturated rings. The molecule has 2 N–H and O–H groups in total. The van der Waals surface area contributed by atoms with Crippen LogP contribution in [-0.2, 0) is 6.54 Å². The third-order valence-electron chi connectivity index (χ3n) is 3.97. The van der Waals surface area contributed by atoms with Crippen molar-refractivity contribution in [3.8, 4) is 0 Å². The lowest BCUT2D eigenvalue weighted by molar-refractivity contribution is -0.564. The molecule has 2 unspecified atom stereocenters. The fourth-order valence-corrected chi connectivity index (χ4v) is 2.68. The summed E-state index contributed by atoms with van der Waals surface area (Å²) >= 11 is 0. The Bertz CT molecular complexity index is 720. The molecule has 1 heterocycles. The van der Waals surface area contributed by atoms with Crippen LogP contribution < -0.4 is 0 Å². The van der Waals surface area contributed by atoms with Crippen molar-refractivity contribution in [2.24, 2.45) is 5.92 Å². The minimum absolute atomic E-state index is 0.0580. The van der Waals surface area contributed by atoms with E-state index < -0.39 is 39.8 Å². The van der Waals surface area contributed by atoms with Gasteiger partial charge in [0.2, 0.25) is 11.4 Å². The van der Waals surface area contributed by atoms with Crippen molar-refractivity contribution in [2.75, 3.05) is 0 Å². The monoisotopic (exact) mass is 321 g/mol. The molecule has 0 spiro atoms. The second-order valence-electron chi connectivity index (χ2n) is 5.16. The maximum Gasteiger partial charge on any atom is 0.372 e. The highest BCUT2D eigenvalue weighted by atomic mass is 16.6. The Labute approximate surface area is 130 Å². The van der Waals surface area contributed by atoms with Gasteiger partial charge >= 0.3 is 11.9 Å². The Kier molecular flexibility index (Phi) is 4.30. The van der Waals surface area contributed by atoms with Gasteiger partial charge in [0.25, 0.3) is 0 Å². The lowest BCUT2D eigenvalue weighted by Crippen LogP contribution is -2.45. The maximum absolute atomic E-state index is 11.5. The number of hydrogen-bond donors (Lipinski definition) is 2. The second-order valence-corrected chi connectivity index (χ2v) is 5.16. The van der Waals surface area contributed by atoms with Crippen LogP contribution in [-0.4, -0.2) is 42.2 Å². The fourth-order valence-electron chi connectivity index (χ4n) is 2.68. The number of imidazole rings is 1. The highest BCUT2D eigenvalue weighted by Gasteiger charge is 2.46. The van der Waals surface area contributed by atoms with Crippen LogP contribution in [0.4, 0.5) is 0 Å². The standard InChI is InChI=1S/C14H15N3O6/c1-2-14(17(22)23)6-4-3-5-9(14)7-16-8-10(12(18)19)15-11(16)13(20)21/h3-6,8-9H,2,7H2,1H3,(H,18,19)(H,20,21). The van der Waals surface area contributed by atoms with E-state index in [-0.39, 0.29) is 13.0 Å². The lowest BCUT2D eigenvalue weighted by Gasteiger charge is -2.30. The number of carboxylic acid groups (broad SMARTS) is 2. The molecular weight excluding hydrogens is 306 g/mol. The summed E-state index contributed by atoms with van der Waals surface area (Å²) in [5.41, 5.74) is -1.78. The number of carbonyl (C=O) groups is 2. The predicted molar refractivity (Wildman–Crippen MR) is 77.9 cm³/mol. The highest BCUT2D eigenvalue weighted by molar-refractivity contribution is 5.89. The first kappa shape index (κ1) is 16.4. The molecule has 9 nitrogen and oxygen atoms in total. The summed E-state index contributed by atoms with van der Waals surface area (Å²) in [7, 11) is 0. The van der Waals surface area contributed by atoms with Gasteiger partial charge in [-0.3, -0.25) is 10.1 Å². The van der Waals surface area contributed by atoms with E-state index in [9.17, 15) is 19.7 Å². The van der Waals surface area contributed by atoms with Gasteiger partial charge in [-0.2, -0.15) is 0 Å². The van der Waals surface area contributed by atoms with Crippen molar-refractivity contribution in [1.82, 2.24) is 9.55 Å². The average Bonchev–Trinajstić information content (AvgIpc) is 2.92. The summed E-state index contributed by atoms with van der Waals surface area (Å²) in [6.07, 6.45) is 7.63. The Morgan fingerprint density at radius 3 is 2.61 bits per heavy atom. The normalized spacial score (nSPS) is 22.9. The van der Waals surface area contributed by atoms with Gasteiger partial charge in [0, 0.05) is 24.1 Å². The van der Waals surface area contributed by atoms with Crippen LogP contribution >= 0.6 is 0 Å². The van der Waals surface area contributed by atoms with Crippen LogP contribution in [0.5, 0.6) is 0 Å². The van der Waals surface area contributed by atoms with Crippen LogP contribution in [0.15, 0.2) is 30.5 Å². The number of nitrogens with zero attached hydrogens (tertiary/aromatic N) is 3. The average molecular weight is 321 g/mol. The first-order valence-electron chi connectivity index (χ1n) is 6.86. The van der Waals surface area contributed by atoms with E-state index in [4.69, 9.17) is 10.2 Å². The number of rotatable bonds is 6. The molecule has 0 aromatic carbocycles. The SMILES string of the molecule is CCC1([N+](=O)[O-])C=CC=CC1Cn1cc(C(=O)O)nc1C(=O)O. The van der Waals surface area contributed by atoms with Gasteiger partial charge in [0.15, 0.2) is 5.69 Å². The minimum atomic E-state index is -1.39. The summed E-state index contributed by atoms with van der Waals surface area (Å²) in [6.45, 7) is 1.62. The van der Waals surface area contributed by atoms with E-state index in [2.05, 4.69) is 4.98 Å². The second kappa shape index (κ2) is 6.03. The van der Waals surface area contributed by atoms with E-state index >= 15 is 0 Å². The zero-order valence-electron chi connectivity index (χ0n) is 12.2. The number of carboxylic acids is 2. The third kappa shape index (κ3) is 2.85. The zero-order chi connectivity index (χ0) is 17.2. The lowest BCUT2D eigenvalue weighted by atomic mass is 9.79. The molecule has 2 atom stereocenters. The molecule has 0 radical (unpaired) electrons. The number of aromatic carboxylic acids is 2. The molecular formula is C14H15N3O6. The quantitative estimate of drug-likeness (QED) is 0.597. The van der Waals surface area contributed by atoms with E-state index in [0.717, 1.165) is 10.8 Å². The van der Waals surface area contributed by atoms with Crippen LogP contribution in [0.2, 0.25) is 0 Å². The van der Waals surface area contributed by atoms with Crippen molar-refractivity contribution in [3.05, 3.63) is 52.1 Å². The molecule has 23 heavy (non-hydrogen) atoms. The Morgan fingerprint density at radius 1 is 1.39 bits per heavy atom. The van der Waals surface area contributed by atoms with Gasteiger partial charge in [-0.1, -0.05) is 25.2 Å². The topological polar surface area (TPSA) is 136 Å². The zero-order valence-corrected chi connectivity index (χ0v) is 12.2. The van der Waals surface area contributed by atoms with Crippen LogP contribution in [0.1, 0.15) is 34.5 Å². The molecule has 1 aromatic rings. The van der Waals surface area contributed by atoms with Gasteiger partial charge < -0.3 is 14.8 Å². The number of allylic oxidation sites excluding steroid dienone is 2.